The maximum Gasteiger partial charge on any atom is -0.0132 e. The van der Waals surface area contributed by atoms with Crippen LogP contribution >= 0.6 is 0 Å². The fraction of sp³-hybridized carbons (Fsp3) is 0.512. The molecule has 0 aliphatic carbocycles. The third-order valence-electron chi connectivity index (χ3n) is 5.05. The van der Waals surface area contributed by atoms with Gasteiger partial charge in [0.1, 0.15) is 0 Å². The highest BCUT2D eigenvalue weighted by molar-refractivity contribution is 5.70. The molecular weight excluding hydrogens is 492 g/mol. The Morgan fingerprint density at radius 2 is 0.439 bits per heavy atom. The van der Waals surface area contributed by atoms with Crippen LogP contribution in [0.1, 0.15) is 143 Å². The van der Waals surface area contributed by atoms with E-state index in [9.17, 15) is 0 Å². The number of benzene rings is 3. The van der Waals surface area contributed by atoms with Gasteiger partial charge in [-0.05, 0) is 44.2 Å². The lowest BCUT2D eigenvalue weighted by atomic mass is 9.86. The van der Waals surface area contributed by atoms with Crippen LogP contribution in [0.2, 0.25) is 0 Å². The van der Waals surface area contributed by atoms with Crippen LogP contribution in [0.3, 0.4) is 0 Å². The van der Waals surface area contributed by atoms with Gasteiger partial charge >= 0.3 is 0 Å². The molecule has 0 saturated heterocycles. The molecule has 0 heteroatoms. The summed E-state index contributed by atoms with van der Waals surface area (Å²) in [5.74, 6) is 0. The first-order chi connectivity index (χ1) is 19.1. The Balaban J connectivity index is -0.000000179. The van der Waals surface area contributed by atoms with E-state index in [1.807, 2.05) is 83.1 Å². The molecule has 0 nitrogen and oxygen atoms in total. The quantitative estimate of drug-likeness (QED) is 0.271. The van der Waals surface area contributed by atoms with E-state index in [1.54, 1.807) is 0 Å². The zero-order valence-corrected chi connectivity index (χ0v) is 30.3. The lowest BCUT2D eigenvalue weighted by molar-refractivity contribution is 0.590. The van der Waals surface area contributed by atoms with Crippen LogP contribution in [0.5, 0.6) is 0 Å². The third-order valence-corrected chi connectivity index (χ3v) is 5.05. The third kappa shape index (κ3) is 20.9. The molecule has 0 saturated carbocycles. The van der Waals surface area contributed by atoms with E-state index in [0.717, 1.165) is 0 Å². The van der Waals surface area contributed by atoms with Crippen LogP contribution in [0.25, 0.3) is 22.3 Å². The molecule has 0 spiro atoms. The van der Waals surface area contributed by atoms with Gasteiger partial charge in [0, 0.05) is 0 Å². The summed E-state index contributed by atoms with van der Waals surface area (Å²) >= 11 is 0. The van der Waals surface area contributed by atoms with Crippen molar-refractivity contribution in [2.45, 2.75) is 143 Å². The van der Waals surface area contributed by atoms with Crippen molar-refractivity contribution in [2.24, 2.45) is 0 Å². The van der Waals surface area contributed by atoms with E-state index >= 15 is 0 Å². The Kier molecular flexibility index (Phi) is 39.8. The van der Waals surface area contributed by atoms with Gasteiger partial charge in [-0.15, -0.1) is 13.2 Å². The van der Waals surface area contributed by atoms with Gasteiger partial charge in [0.25, 0.3) is 0 Å². The Morgan fingerprint density at radius 1 is 0.317 bits per heavy atom. The second-order valence-electron chi connectivity index (χ2n) is 9.23. The van der Waals surface area contributed by atoms with Gasteiger partial charge in [-0.3, -0.25) is 0 Å². The highest BCUT2D eigenvalue weighted by atomic mass is 14.2. The van der Waals surface area contributed by atoms with Gasteiger partial charge in [-0.25, -0.2) is 0 Å². The summed E-state index contributed by atoms with van der Waals surface area (Å²) in [6.45, 7) is 43.5. The van der Waals surface area contributed by atoms with Crippen molar-refractivity contribution in [2.75, 3.05) is 0 Å². The maximum absolute atomic E-state index is 3.00. The monoisotopic (exact) mass is 567 g/mol. The van der Waals surface area contributed by atoms with Crippen molar-refractivity contribution < 1.29 is 0 Å². The van der Waals surface area contributed by atoms with E-state index in [0.29, 0.717) is 0 Å². The van der Waals surface area contributed by atoms with Gasteiger partial charge in [0.15, 0.2) is 0 Å². The molecule has 0 fully saturated rings. The Morgan fingerprint density at radius 3 is 0.561 bits per heavy atom. The molecule has 0 radical (unpaired) electrons. The molecule has 0 atom stereocenters. The molecule has 0 aliphatic heterocycles. The van der Waals surface area contributed by atoms with Crippen molar-refractivity contribution in [3.05, 3.63) is 97.1 Å². The van der Waals surface area contributed by atoms with Crippen LogP contribution in [-0.4, -0.2) is 0 Å². The van der Waals surface area contributed by atoms with Gasteiger partial charge in [-0.2, -0.15) is 0 Å². The molecule has 3 aromatic rings. The number of hydrogen-bond acceptors (Lipinski definition) is 0. The molecule has 0 N–H and O–H groups in total. The smallest absolute Gasteiger partial charge is 0.0132 e. The summed E-state index contributed by atoms with van der Waals surface area (Å²) in [5, 5.41) is 0. The molecule has 41 heavy (non-hydrogen) atoms. The highest BCUT2D eigenvalue weighted by Crippen LogP contribution is 2.29. The van der Waals surface area contributed by atoms with Gasteiger partial charge in [0.05, 0.1) is 0 Å². The second kappa shape index (κ2) is 31.9. The fourth-order valence-corrected chi connectivity index (χ4v) is 3.18. The summed E-state index contributed by atoms with van der Waals surface area (Å²) < 4.78 is 0. The summed E-state index contributed by atoms with van der Waals surface area (Å²) in [7, 11) is 0. The first kappa shape index (κ1) is 51.2. The summed E-state index contributed by atoms with van der Waals surface area (Å²) in [6, 6.07) is 26.8. The van der Waals surface area contributed by atoms with Crippen LogP contribution < -0.4 is 0 Å². The standard InChI is InChI=1S/C26H30.6C2H6.C2H4.CH4/c1-25(2,3)23-15-11-21(12-16-23)19-7-9-20(10-8-19)22-13-17-24(18-14-22)26(4,5)6;7*1-2;/h7-18H,1-6H3;6*1-2H3;1-2H2;1H4. The fourth-order valence-electron chi connectivity index (χ4n) is 3.18. The minimum atomic E-state index is 0. The molecule has 0 amide bonds. The normalized spacial score (nSPS) is 8.73. The first-order valence-corrected chi connectivity index (χ1v) is 16.0. The van der Waals surface area contributed by atoms with Crippen molar-refractivity contribution in [3.8, 4) is 22.3 Å². The molecule has 0 bridgehead atoms. The van der Waals surface area contributed by atoms with E-state index in [-0.39, 0.29) is 18.3 Å². The lowest BCUT2D eigenvalue weighted by Gasteiger charge is -2.19. The molecule has 3 aromatic carbocycles. The molecule has 0 aromatic heterocycles. The van der Waals surface area contributed by atoms with Crippen LogP contribution in [-0.2, 0) is 10.8 Å². The van der Waals surface area contributed by atoms with Crippen molar-refractivity contribution in [1.29, 1.82) is 0 Å². The van der Waals surface area contributed by atoms with E-state index in [1.165, 1.54) is 33.4 Å². The maximum atomic E-state index is 3.00. The van der Waals surface area contributed by atoms with Crippen LogP contribution in [0.15, 0.2) is 86.0 Å². The minimum Gasteiger partial charge on any atom is -0.106 e. The SMILES string of the molecule is C.C=C.CC.CC.CC.CC.CC.CC.CC(C)(C)c1ccc(-c2ccc(-c3ccc(C(C)(C)C)cc3)cc2)cc1. The van der Waals surface area contributed by atoms with E-state index in [2.05, 4.69) is 127 Å². The average Bonchev–Trinajstić information content (AvgIpc) is 3.03. The summed E-state index contributed by atoms with van der Waals surface area (Å²) in [6.07, 6.45) is 0. The van der Waals surface area contributed by atoms with Gasteiger partial charge in [-0.1, -0.05) is 205 Å². The first-order valence-electron chi connectivity index (χ1n) is 16.0. The van der Waals surface area contributed by atoms with Gasteiger partial charge in [0.2, 0.25) is 0 Å². The molecule has 0 unspecified atom stereocenters. The predicted molar refractivity (Wildman–Crippen MR) is 201 cm³/mol. The Labute approximate surface area is 261 Å². The number of rotatable bonds is 2. The highest BCUT2D eigenvalue weighted by Gasteiger charge is 2.14. The summed E-state index contributed by atoms with van der Waals surface area (Å²) in [5.41, 5.74) is 8.21. The molecule has 3 rings (SSSR count). The second-order valence-corrected chi connectivity index (χ2v) is 9.23. The Bertz CT molecular complexity index is 789. The van der Waals surface area contributed by atoms with Crippen LogP contribution in [0, 0.1) is 0 Å². The van der Waals surface area contributed by atoms with Crippen molar-refractivity contribution in [3.63, 3.8) is 0 Å². The molecule has 0 aliphatic rings. The molecular formula is C41H74. The zero-order valence-electron chi connectivity index (χ0n) is 30.3. The topological polar surface area (TPSA) is 0 Å². The largest absolute Gasteiger partial charge is 0.106 e. The van der Waals surface area contributed by atoms with Crippen molar-refractivity contribution >= 4 is 0 Å². The van der Waals surface area contributed by atoms with E-state index in [4.69, 9.17) is 0 Å². The lowest BCUT2D eigenvalue weighted by Crippen LogP contribution is -2.10. The predicted octanol–water partition coefficient (Wildman–Crippen LogP) is 15.2. The molecule has 0 heterocycles. The van der Waals surface area contributed by atoms with Crippen molar-refractivity contribution in [1.82, 2.24) is 0 Å². The Hall–Kier alpha value is -2.60. The van der Waals surface area contributed by atoms with Gasteiger partial charge < -0.3 is 0 Å². The molecule has 238 valence electrons. The zero-order chi connectivity index (χ0) is 32.9. The number of hydrogen-bond donors (Lipinski definition) is 0. The van der Waals surface area contributed by atoms with Crippen LogP contribution in [0.4, 0.5) is 0 Å². The van der Waals surface area contributed by atoms with E-state index < -0.39 is 0 Å². The average molecular weight is 567 g/mol. The minimum absolute atomic E-state index is 0. The summed E-state index contributed by atoms with van der Waals surface area (Å²) in [4.78, 5) is 0.